The molecular weight excluding hydrogens is 241 g/mol. The van der Waals surface area contributed by atoms with E-state index in [9.17, 15) is 4.39 Å². The summed E-state index contributed by atoms with van der Waals surface area (Å²) in [5.74, 6) is 1.35. The van der Waals surface area contributed by atoms with Gasteiger partial charge in [0, 0.05) is 6.54 Å². The first-order valence-corrected chi connectivity index (χ1v) is 5.73. The van der Waals surface area contributed by atoms with Crippen molar-refractivity contribution >= 4 is 11.6 Å². The number of rotatable bonds is 4. The van der Waals surface area contributed by atoms with Crippen molar-refractivity contribution in [1.29, 1.82) is 0 Å². The Morgan fingerprint density at radius 2 is 2.06 bits per heavy atom. The Kier molecular flexibility index (Phi) is 3.82. The Labute approximate surface area is 104 Å². The van der Waals surface area contributed by atoms with Gasteiger partial charge in [0.15, 0.2) is 0 Å². The van der Waals surface area contributed by atoms with Crippen LogP contribution in [0.3, 0.4) is 0 Å². The zero-order valence-electron chi connectivity index (χ0n) is 9.47. The highest BCUT2D eigenvalue weighted by molar-refractivity contribution is 6.31. The molecule has 0 unspecified atom stereocenters. The van der Waals surface area contributed by atoms with Gasteiger partial charge < -0.3 is 9.73 Å². The molecule has 2 aromatic rings. The molecule has 0 aliphatic rings. The number of nitrogens with one attached hydrogen (secondary N) is 1. The third-order valence-electron chi connectivity index (χ3n) is 2.44. The van der Waals surface area contributed by atoms with Crippen molar-refractivity contribution in [2.45, 2.75) is 20.0 Å². The number of halogens is 2. The average molecular weight is 254 g/mol. The van der Waals surface area contributed by atoms with E-state index in [-0.39, 0.29) is 10.8 Å². The summed E-state index contributed by atoms with van der Waals surface area (Å²) in [5.41, 5.74) is 0.745. The molecule has 0 amide bonds. The van der Waals surface area contributed by atoms with Crippen LogP contribution in [-0.4, -0.2) is 0 Å². The lowest BCUT2D eigenvalue weighted by Gasteiger charge is -2.05. The molecule has 1 heterocycles. The topological polar surface area (TPSA) is 25.2 Å². The second-order valence-corrected chi connectivity index (χ2v) is 4.21. The summed E-state index contributed by atoms with van der Waals surface area (Å²) in [6.45, 7) is 3.00. The van der Waals surface area contributed by atoms with Crippen LogP contribution in [0.15, 0.2) is 34.7 Å². The fourth-order valence-electron chi connectivity index (χ4n) is 1.59. The van der Waals surface area contributed by atoms with Crippen LogP contribution in [0.5, 0.6) is 0 Å². The molecule has 0 radical (unpaired) electrons. The van der Waals surface area contributed by atoms with E-state index in [1.54, 1.807) is 12.1 Å². The Hall–Kier alpha value is -1.32. The maximum atomic E-state index is 13.2. The summed E-state index contributed by atoms with van der Waals surface area (Å²) < 4.78 is 18.6. The molecule has 90 valence electrons. The van der Waals surface area contributed by atoms with E-state index in [1.807, 2.05) is 19.1 Å². The van der Waals surface area contributed by atoms with Crippen molar-refractivity contribution in [2.24, 2.45) is 0 Å². The van der Waals surface area contributed by atoms with E-state index in [1.165, 1.54) is 6.07 Å². The molecule has 0 saturated heterocycles. The summed E-state index contributed by atoms with van der Waals surface area (Å²) in [6, 6.07) is 8.62. The largest absolute Gasteiger partial charge is 0.465 e. The van der Waals surface area contributed by atoms with Crippen LogP contribution in [0.25, 0.3) is 0 Å². The summed E-state index contributed by atoms with van der Waals surface area (Å²) >= 11 is 5.84. The maximum absolute atomic E-state index is 13.2. The number of hydrogen-bond donors (Lipinski definition) is 1. The second-order valence-electron chi connectivity index (χ2n) is 3.83. The van der Waals surface area contributed by atoms with Gasteiger partial charge in [0.05, 0.1) is 11.6 Å². The fourth-order valence-corrected chi connectivity index (χ4v) is 1.78. The van der Waals surface area contributed by atoms with Gasteiger partial charge in [0.1, 0.15) is 17.3 Å². The molecule has 0 fully saturated rings. The van der Waals surface area contributed by atoms with Crippen molar-refractivity contribution in [1.82, 2.24) is 5.32 Å². The quantitative estimate of drug-likeness (QED) is 0.899. The van der Waals surface area contributed by atoms with E-state index >= 15 is 0 Å². The fraction of sp³-hybridized carbons (Fsp3) is 0.231. The second kappa shape index (κ2) is 5.34. The van der Waals surface area contributed by atoms with E-state index in [0.717, 1.165) is 17.1 Å². The number of furan rings is 1. The van der Waals surface area contributed by atoms with Crippen LogP contribution >= 0.6 is 11.6 Å². The van der Waals surface area contributed by atoms with E-state index < -0.39 is 0 Å². The molecular formula is C13H13ClFNO. The van der Waals surface area contributed by atoms with Gasteiger partial charge in [-0.25, -0.2) is 4.39 Å². The van der Waals surface area contributed by atoms with Gasteiger partial charge >= 0.3 is 0 Å². The molecule has 0 bridgehead atoms. The molecule has 1 aromatic carbocycles. The van der Waals surface area contributed by atoms with Crippen LogP contribution in [-0.2, 0) is 13.1 Å². The van der Waals surface area contributed by atoms with E-state index in [0.29, 0.717) is 13.1 Å². The molecule has 1 N–H and O–H groups in total. The van der Waals surface area contributed by atoms with Crippen molar-refractivity contribution in [2.75, 3.05) is 0 Å². The molecule has 0 aliphatic carbocycles. The Balaban J connectivity index is 1.92. The zero-order chi connectivity index (χ0) is 12.3. The van der Waals surface area contributed by atoms with Gasteiger partial charge in [-0.05, 0) is 30.7 Å². The lowest BCUT2D eigenvalue weighted by molar-refractivity contribution is 0.461. The Morgan fingerprint density at radius 1 is 1.24 bits per heavy atom. The molecule has 0 aliphatic heterocycles. The molecule has 4 heteroatoms. The van der Waals surface area contributed by atoms with Crippen LogP contribution in [0.2, 0.25) is 5.02 Å². The summed E-state index contributed by atoms with van der Waals surface area (Å²) in [6.07, 6.45) is 0. The van der Waals surface area contributed by atoms with Crippen LogP contribution < -0.4 is 5.32 Å². The first-order chi connectivity index (χ1) is 8.16. The number of benzene rings is 1. The minimum atomic E-state index is -0.389. The van der Waals surface area contributed by atoms with Gasteiger partial charge in [0.25, 0.3) is 0 Å². The highest BCUT2D eigenvalue weighted by atomic mass is 35.5. The zero-order valence-corrected chi connectivity index (χ0v) is 10.2. The minimum Gasteiger partial charge on any atom is -0.465 e. The summed E-state index contributed by atoms with van der Waals surface area (Å²) in [5, 5.41) is 3.33. The lowest BCUT2D eigenvalue weighted by Crippen LogP contribution is -2.12. The van der Waals surface area contributed by atoms with Crippen molar-refractivity contribution < 1.29 is 8.81 Å². The highest BCUT2D eigenvalue weighted by Gasteiger charge is 2.05. The van der Waals surface area contributed by atoms with Gasteiger partial charge in [-0.2, -0.15) is 0 Å². The number of hydrogen-bond acceptors (Lipinski definition) is 2. The van der Waals surface area contributed by atoms with Crippen LogP contribution in [0, 0.1) is 12.7 Å². The van der Waals surface area contributed by atoms with Crippen LogP contribution in [0.4, 0.5) is 4.39 Å². The first kappa shape index (κ1) is 12.1. The van der Waals surface area contributed by atoms with E-state index in [4.69, 9.17) is 16.0 Å². The lowest BCUT2D eigenvalue weighted by atomic mass is 10.2. The van der Waals surface area contributed by atoms with Crippen LogP contribution in [0.1, 0.15) is 17.1 Å². The molecule has 1 aromatic heterocycles. The number of aryl methyl sites for hydroxylation is 1. The Morgan fingerprint density at radius 3 is 2.76 bits per heavy atom. The van der Waals surface area contributed by atoms with Gasteiger partial charge in [-0.1, -0.05) is 23.7 Å². The standard InChI is InChI=1S/C13H13ClFNO/c1-9-5-6-11(17-9)8-16-7-10-3-2-4-12(15)13(10)14/h2-6,16H,7-8H2,1H3. The molecule has 0 spiro atoms. The SMILES string of the molecule is Cc1ccc(CNCc2cccc(F)c2Cl)o1. The van der Waals surface area contributed by atoms with Crippen molar-refractivity contribution in [3.8, 4) is 0 Å². The molecule has 0 atom stereocenters. The predicted molar refractivity (Wildman–Crippen MR) is 65.4 cm³/mol. The molecule has 2 nitrogen and oxygen atoms in total. The molecule has 17 heavy (non-hydrogen) atoms. The molecule has 0 saturated carbocycles. The average Bonchev–Trinajstić information content (AvgIpc) is 2.70. The smallest absolute Gasteiger partial charge is 0.142 e. The minimum absolute atomic E-state index is 0.177. The van der Waals surface area contributed by atoms with Gasteiger partial charge in [-0.3, -0.25) is 0 Å². The normalized spacial score (nSPS) is 10.8. The summed E-state index contributed by atoms with van der Waals surface area (Å²) in [7, 11) is 0. The highest BCUT2D eigenvalue weighted by Crippen LogP contribution is 2.19. The van der Waals surface area contributed by atoms with Gasteiger partial charge in [0.2, 0.25) is 0 Å². The molecule has 2 rings (SSSR count). The van der Waals surface area contributed by atoms with Crippen molar-refractivity contribution in [3.63, 3.8) is 0 Å². The maximum Gasteiger partial charge on any atom is 0.142 e. The third-order valence-corrected chi connectivity index (χ3v) is 2.87. The predicted octanol–water partition coefficient (Wildman–Crippen LogP) is 3.67. The monoisotopic (exact) mass is 253 g/mol. The first-order valence-electron chi connectivity index (χ1n) is 5.36. The Bertz CT molecular complexity index is 510. The van der Waals surface area contributed by atoms with E-state index in [2.05, 4.69) is 5.32 Å². The van der Waals surface area contributed by atoms with Gasteiger partial charge in [-0.15, -0.1) is 0 Å². The third kappa shape index (κ3) is 3.08. The van der Waals surface area contributed by atoms with Crippen molar-refractivity contribution in [3.05, 3.63) is 58.3 Å². The summed E-state index contributed by atoms with van der Waals surface area (Å²) in [4.78, 5) is 0.